The Morgan fingerprint density at radius 3 is 2.29 bits per heavy atom. The SMILES string of the molecule is CCn1ncnc1N.c1cc2cc-2c1. The van der Waals surface area contributed by atoms with Crippen molar-refractivity contribution >= 4 is 5.95 Å². The maximum Gasteiger partial charge on any atom is 0.218 e. The maximum atomic E-state index is 5.34. The minimum atomic E-state index is 0.479. The number of aromatic nitrogens is 3. The third kappa shape index (κ3) is 1.74. The highest BCUT2D eigenvalue weighted by Gasteiger charge is 2.06. The fourth-order valence-corrected chi connectivity index (χ4v) is 1.19. The van der Waals surface area contributed by atoms with Crippen LogP contribution in [0.5, 0.6) is 0 Å². The largest absolute Gasteiger partial charge is 0.368 e. The smallest absolute Gasteiger partial charge is 0.218 e. The molecular weight excluding hydrogens is 176 g/mol. The van der Waals surface area contributed by atoms with E-state index in [1.807, 2.05) is 6.92 Å². The first-order valence-corrected chi connectivity index (χ1v) is 4.55. The summed E-state index contributed by atoms with van der Waals surface area (Å²) in [5.74, 6) is 0.479. The zero-order valence-electron chi connectivity index (χ0n) is 8.01. The van der Waals surface area contributed by atoms with Gasteiger partial charge in [-0.25, -0.2) is 9.67 Å². The van der Waals surface area contributed by atoms with Crippen molar-refractivity contribution in [2.45, 2.75) is 13.5 Å². The Hall–Kier alpha value is -1.84. The van der Waals surface area contributed by atoms with E-state index >= 15 is 0 Å². The van der Waals surface area contributed by atoms with Gasteiger partial charge in [-0.2, -0.15) is 5.10 Å². The molecule has 4 nitrogen and oxygen atoms in total. The molecule has 2 N–H and O–H groups in total. The lowest BCUT2D eigenvalue weighted by Gasteiger charge is -1.92. The van der Waals surface area contributed by atoms with Crippen LogP contribution in [0.2, 0.25) is 0 Å². The van der Waals surface area contributed by atoms with Gasteiger partial charge in [-0.1, -0.05) is 18.2 Å². The van der Waals surface area contributed by atoms with E-state index in [1.54, 1.807) is 4.68 Å². The predicted molar refractivity (Wildman–Crippen MR) is 55.5 cm³/mol. The summed E-state index contributed by atoms with van der Waals surface area (Å²) in [7, 11) is 0. The number of nitrogen functional groups attached to an aromatic ring is 1. The third-order valence-corrected chi connectivity index (χ3v) is 2.06. The molecule has 0 saturated carbocycles. The highest BCUT2D eigenvalue weighted by molar-refractivity contribution is 5.80. The highest BCUT2D eigenvalue weighted by Crippen LogP contribution is 2.32. The Bertz CT molecular complexity index is 416. The predicted octanol–water partition coefficient (Wildman–Crippen LogP) is 1.55. The van der Waals surface area contributed by atoms with Crippen LogP contribution in [0.4, 0.5) is 5.95 Å². The van der Waals surface area contributed by atoms with Gasteiger partial charge in [0.15, 0.2) is 0 Å². The van der Waals surface area contributed by atoms with Crippen LogP contribution in [-0.4, -0.2) is 14.8 Å². The molecule has 0 bridgehead atoms. The number of aryl methyl sites for hydroxylation is 1. The molecule has 2 aliphatic carbocycles. The molecule has 1 aromatic rings. The lowest BCUT2D eigenvalue weighted by atomic mass is 10.6. The molecule has 0 amide bonds. The van der Waals surface area contributed by atoms with Crippen LogP contribution in [0, 0.1) is 0 Å². The van der Waals surface area contributed by atoms with Gasteiger partial charge < -0.3 is 5.73 Å². The zero-order valence-corrected chi connectivity index (χ0v) is 8.01. The van der Waals surface area contributed by atoms with Gasteiger partial charge in [0.1, 0.15) is 6.33 Å². The third-order valence-electron chi connectivity index (χ3n) is 2.06. The number of anilines is 1. The molecule has 0 spiro atoms. The second kappa shape index (κ2) is 3.49. The van der Waals surface area contributed by atoms with Crippen molar-refractivity contribution in [3.8, 4) is 11.1 Å². The van der Waals surface area contributed by atoms with Crippen LogP contribution in [0.1, 0.15) is 6.92 Å². The van der Waals surface area contributed by atoms with E-state index in [9.17, 15) is 0 Å². The molecule has 1 aromatic heterocycles. The van der Waals surface area contributed by atoms with E-state index in [2.05, 4.69) is 34.3 Å². The summed E-state index contributed by atoms with van der Waals surface area (Å²) >= 11 is 0. The van der Waals surface area contributed by atoms with E-state index in [4.69, 9.17) is 5.73 Å². The summed E-state index contributed by atoms with van der Waals surface area (Å²) in [6, 6.07) is 8.48. The van der Waals surface area contributed by atoms with Crippen molar-refractivity contribution in [1.82, 2.24) is 14.8 Å². The van der Waals surface area contributed by atoms with Crippen molar-refractivity contribution in [3.63, 3.8) is 0 Å². The Morgan fingerprint density at radius 1 is 1.36 bits per heavy atom. The zero-order chi connectivity index (χ0) is 9.97. The number of benzene rings is 1. The summed E-state index contributed by atoms with van der Waals surface area (Å²) in [6.45, 7) is 2.75. The summed E-state index contributed by atoms with van der Waals surface area (Å²) < 4.78 is 1.62. The summed E-state index contributed by atoms with van der Waals surface area (Å²) in [6.07, 6.45) is 1.44. The molecule has 72 valence electrons. The summed E-state index contributed by atoms with van der Waals surface area (Å²) in [5, 5.41) is 3.81. The van der Waals surface area contributed by atoms with Crippen LogP contribution >= 0.6 is 0 Å². The van der Waals surface area contributed by atoms with E-state index in [-0.39, 0.29) is 0 Å². The fraction of sp³-hybridized carbons (Fsp3) is 0.200. The Kier molecular flexibility index (Phi) is 2.18. The molecule has 14 heavy (non-hydrogen) atoms. The Labute approximate surface area is 82.4 Å². The van der Waals surface area contributed by atoms with Crippen molar-refractivity contribution in [2.24, 2.45) is 0 Å². The first kappa shape index (κ1) is 8.74. The molecule has 0 aliphatic heterocycles. The van der Waals surface area contributed by atoms with Crippen molar-refractivity contribution in [2.75, 3.05) is 5.73 Å². The Balaban J connectivity index is 0.000000110. The number of nitrogens with two attached hydrogens (primary N) is 1. The monoisotopic (exact) mass is 188 g/mol. The lowest BCUT2D eigenvalue weighted by molar-refractivity contribution is 0.669. The second-order valence-corrected chi connectivity index (χ2v) is 3.01. The van der Waals surface area contributed by atoms with Gasteiger partial charge >= 0.3 is 0 Å². The van der Waals surface area contributed by atoms with Gasteiger partial charge in [-0.05, 0) is 24.1 Å². The minimum Gasteiger partial charge on any atom is -0.368 e. The van der Waals surface area contributed by atoms with Gasteiger partial charge in [-0.15, -0.1) is 0 Å². The fourth-order valence-electron chi connectivity index (χ4n) is 1.19. The van der Waals surface area contributed by atoms with Crippen molar-refractivity contribution in [3.05, 3.63) is 30.6 Å². The maximum absolute atomic E-state index is 5.34. The molecule has 4 heteroatoms. The van der Waals surface area contributed by atoms with E-state index in [1.165, 1.54) is 17.5 Å². The van der Waals surface area contributed by atoms with Crippen LogP contribution in [0.15, 0.2) is 30.6 Å². The second-order valence-electron chi connectivity index (χ2n) is 3.01. The van der Waals surface area contributed by atoms with E-state index < -0.39 is 0 Å². The van der Waals surface area contributed by atoms with Gasteiger partial charge in [0.25, 0.3) is 0 Å². The van der Waals surface area contributed by atoms with Crippen LogP contribution in [-0.2, 0) is 6.54 Å². The Morgan fingerprint density at radius 2 is 2.07 bits per heavy atom. The highest BCUT2D eigenvalue weighted by atomic mass is 15.4. The molecule has 0 atom stereocenters. The standard InChI is InChI=1S/C6H4.C4H8N4/c1-2-5-4-6(5)3-1;1-2-8-4(5)6-3-7-8/h1-4H;3H,2H2,1H3,(H2,5,6,7). The lowest BCUT2D eigenvalue weighted by Crippen LogP contribution is -2.01. The van der Waals surface area contributed by atoms with E-state index in [0.717, 1.165) is 6.54 Å². The minimum absolute atomic E-state index is 0.479. The number of nitrogens with zero attached hydrogens (tertiary/aromatic N) is 3. The van der Waals surface area contributed by atoms with Gasteiger partial charge in [-0.3, -0.25) is 0 Å². The first-order chi connectivity index (χ1) is 6.81. The first-order valence-electron chi connectivity index (χ1n) is 4.55. The van der Waals surface area contributed by atoms with E-state index in [0.29, 0.717) is 5.95 Å². The van der Waals surface area contributed by atoms with Crippen molar-refractivity contribution in [1.29, 1.82) is 0 Å². The quantitative estimate of drug-likeness (QED) is 0.630. The molecule has 0 aromatic carbocycles. The number of hydrogen-bond acceptors (Lipinski definition) is 3. The van der Waals surface area contributed by atoms with Gasteiger partial charge in [0, 0.05) is 6.54 Å². The molecule has 0 saturated heterocycles. The van der Waals surface area contributed by atoms with Crippen LogP contribution < -0.4 is 5.73 Å². The average molecular weight is 188 g/mol. The van der Waals surface area contributed by atoms with Gasteiger partial charge in [0.05, 0.1) is 0 Å². The van der Waals surface area contributed by atoms with Crippen LogP contribution in [0.25, 0.3) is 11.1 Å². The summed E-state index contributed by atoms with van der Waals surface area (Å²) in [4.78, 5) is 3.72. The topological polar surface area (TPSA) is 56.7 Å². The number of rotatable bonds is 1. The van der Waals surface area contributed by atoms with Crippen LogP contribution in [0.3, 0.4) is 0 Å². The molecule has 3 rings (SSSR count). The van der Waals surface area contributed by atoms with Crippen molar-refractivity contribution < 1.29 is 0 Å². The molecule has 0 fully saturated rings. The molecule has 0 unspecified atom stereocenters. The number of hydrogen-bond donors (Lipinski definition) is 1. The molecule has 2 aliphatic rings. The normalized spacial score (nSPS) is 10.4. The number of fused-ring (bicyclic) bond motifs is 1. The summed E-state index contributed by atoms with van der Waals surface area (Å²) in [5.41, 5.74) is 8.19. The average Bonchev–Trinajstić information content (AvgIpc) is 2.64. The molecule has 0 radical (unpaired) electrons. The van der Waals surface area contributed by atoms with Gasteiger partial charge in [0.2, 0.25) is 5.95 Å². The molecule has 1 heterocycles. The molecular formula is C10H12N4.